The molecule has 5 rings (SSSR count). The highest BCUT2D eigenvalue weighted by Crippen LogP contribution is 2.33. The maximum absolute atomic E-state index is 13.2. The third-order valence-corrected chi connectivity index (χ3v) is 5.54. The van der Waals surface area contributed by atoms with Crippen LogP contribution in [0.1, 0.15) is 34.9 Å². The van der Waals surface area contributed by atoms with Gasteiger partial charge in [-0.15, -0.1) is 10.2 Å². The van der Waals surface area contributed by atoms with Gasteiger partial charge in [-0.25, -0.2) is 5.01 Å². The molecule has 2 aromatic carbocycles. The minimum atomic E-state index is -0.312. The van der Waals surface area contributed by atoms with E-state index in [0.717, 1.165) is 22.4 Å². The molecule has 8 nitrogen and oxygen atoms in total. The molecule has 0 bridgehead atoms. The molecule has 8 heteroatoms. The van der Waals surface area contributed by atoms with Crippen LogP contribution in [0.2, 0.25) is 0 Å². The van der Waals surface area contributed by atoms with Gasteiger partial charge in [-0.05, 0) is 42.3 Å². The fraction of sp³-hybridized carbons (Fsp3) is 0.208. The highest BCUT2D eigenvalue weighted by atomic mass is 16.3. The van der Waals surface area contributed by atoms with E-state index in [1.807, 2.05) is 74.5 Å². The van der Waals surface area contributed by atoms with Crippen LogP contribution in [0.3, 0.4) is 0 Å². The van der Waals surface area contributed by atoms with Crippen molar-refractivity contribution in [2.75, 3.05) is 0 Å². The third kappa shape index (κ3) is 3.82. The molecule has 160 valence electrons. The van der Waals surface area contributed by atoms with Gasteiger partial charge in [0.25, 0.3) is 5.91 Å². The van der Waals surface area contributed by atoms with Crippen LogP contribution >= 0.6 is 0 Å². The van der Waals surface area contributed by atoms with E-state index in [9.17, 15) is 4.79 Å². The van der Waals surface area contributed by atoms with Crippen molar-refractivity contribution >= 4 is 11.6 Å². The monoisotopic (exact) mass is 426 g/mol. The molecule has 2 aromatic heterocycles. The van der Waals surface area contributed by atoms with E-state index in [1.165, 1.54) is 15.4 Å². The number of aromatic nitrogens is 4. The van der Waals surface area contributed by atoms with Crippen LogP contribution in [0.15, 0.2) is 76.4 Å². The number of carbonyl (C=O) groups excluding carboxylic acids is 1. The van der Waals surface area contributed by atoms with Crippen LogP contribution in [-0.4, -0.2) is 36.8 Å². The van der Waals surface area contributed by atoms with E-state index in [4.69, 9.17) is 4.42 Å². The molecule has 0 saturated heterocycles. The lowest BCUT2D eigenvalue weighted by Crippen LogP contribution is -2.31. The fourth-order valence-corrected chi connectivity index (χ4v) is 3.80. The number of rotatable bonds is 5. The second kappa shape index (κ2) is 8.22. The third-order valence-electron chi connectivity index (χ3n) is 5.54. The normalized spacial score (nSPS) is 15.8. The van der Waals surface area contributed by atoms with Crippen molar-refractivity contribution in [2.24, 2.45) is 5.10 Å². The quantitative estimate of drug-likeness (QED) is 0.482. The summed E-state index contributed by atoms with van der Waals surface area (Å²) in [5.41, 5.74) is 4.93. The van der Waals surface area contributed by atoms with Crippen LogP contribution in [0.4, 0.5) is 0 Å². The molecule has 0 spiro atoms. The van der Waals surface area contributed by atoms with E-state index in [2.05, 4.69) is 20.5 Å². The van der Waals surface area contributed by atoms with Crippen molar-refractivity contribution in [2.45, 2.75) is 32.9 Å². The maximum atomic E-state index is 13.2. The summed E-state index contributed by atoms with van der Waals surface area (Å²) in [5, 5.41) is 18.7. The Labute approximate surface area is 185 Å². The van der Waals surface area contributed by atoms with Gasteiger partial charge in [0, 0.05) is 12.0 Å². The zero-order chi connectivity index (χ0) is 22.1. The number of carbonyl (C=O) groups is 1. The lowest BCUT2D eigenvalue weighted by Gasteiger charge is -2.19. The van der Waals surface area contributed by atoms with Gasteiger partial charge >= 0.3 is 0 Å². The second-order valence-corrected chi connectivity index (χ2v) is 7.84. The Morgan fingerprint density at radius 1 is 1.06 bits per heavy atom. The number of hydrazone groups is 1. The van der Waals surface area contributed by atoms with Crippen LogP contribution in [0.5, 0.6) is 0 Å². The Balaban J connectivity index is 1.40. The highest BCUT2D eigenvalue weighted by molar-refractivity contribution is 6.03. The molecule has 0 aliphatic carbocycles. The van der Waals surface area contributed by atoms with E-state index < -0.39 is 0 Å². The van der Waals surface area contributed by atoms with Gasteiger partial charge in [0.05, 0.1) is 12.0 Å². The van der Waals surface area contributed by atoms with Gasteiger partial charge in [-0.2, -0.15) is 9.90 Å². The van der Waals surface area contributed by atoms with Gasteiger partial charge in [0.1, 0.15) is 18.3 Å². The summed E-state index contributed by atoms with van der Waals surface area (Å²) in [6.45, 7) is 3.96. The van der Waals surface area contributed by atoms with Gasteiger partial charge in [-0.1, -0.05) is 54.1 Å². The Hall–Kier alpha value is -4.07. The molecule has 1 aliphatic heterocycles. The van der Waals surface area contributed by atoms with Crippen molar-refractivity contribution in [3.05, 3.63) is 89.4 Å². The van der Waals surface area contributed by atoms with Gasteiger partial charge < -0.3 is 4.42 Å². The Bertz CT molecular complexity index is 1270. The summed E-state index contributed by atoms with van der Waals surface area (Å²) < 4.78 is 5.61. The zero-order valence-corrected chi connectivity index (χ0v) is 17.8. The fourth-order valence-electron chi connectivity index (χ4n) is 3.80. The first-order chi connectivity index (χ1) is 15.6. The molecule has 1 amide bonds. The lowest BCUT2D eigenvalue weighted by molar-refractivity contribution is -0.134. The summed E-state index contributed by atoms with van der Waals surface area (Å²) in [7, 11) is 0. The van der Waals surface area contributed by atoms with Crippen molar-refractivity contribution in [1.82, 2.24) is 25.2 Å². The average molecular weight is 426 g/mol. The Kier molecular flexibility index (Phi) is 5.10. The van der Waals surface area contributed by atoms with E-state index in [-0.39, 0.29) is 18.5 Å². The number of tetrazole rings is 1. The maximum Gasteiger partial charge on any atom is 0.267 e. The van der Waals surface area contributed by atoms with Crippen molar-refractivity contribution < 1.29 is 9.21 Å². The molecule has 0 saturated carbocycles. The number of nitrogens with zero attached hydrogens (tertiary/aromatic N) is 6. The molecule has 0 unspecified atom stereocenters. The first kappa shape index (κ1) is 19.9. The smallest absolute Gasteiger partial charge is 0.267 e. The molecule has 1 atom stereocenters. The van der Waals surface area contributed by atoms with Crippen molar-refractivity contribution in [1.29, 1.82) is 0 Å². The number of furan rings is 1. The largest absolute Gasteiger partial charge is 0.467 e. The Morgan fingerprint density at radius 2 is 1.88 bits per heavy atom. The summed E-state index contributed by atoms with van der Waals surface area (Å²) in [6, 6.07) is 19.3. The molecule has 4 aromatic rings. The van der Waals surface area contributed by atoms with E-state index in [1.54, 1.807) is 6.26 Å². The van der Waals surface area contributed by atoms with Crippen LogP contribution in [-0.2, 0) is 11.3 Å². The average Bonchev–Trinajstić information content (AvgIpc) is 3.55. The number of hydrogen-bond acceptors (Lipinski definition) is 6. The molecular formula is C24H22N6O2. The predicted molar refractivity (Wildman–Crippen MR) is 119 cm³/mol. The molecule has 0 radical (unpaired) electrons. The highest BCUT2D eigenvalue weighted by Gasteiger charge is 2.35. The molecule has 0 N–H and O–H groups in total. The molecule has 0 fully saturated rings. The number of hydrogen-bond donors (Lipinski definition) is 0. The lowest BCUT2D eigenvalue weighted by atomic mass is 10.0. The van der Waals surface area contributed by atoms with E-state index in [0.29, 0.717) is 18.0 Å². The Morgan fingerprint density at radius 3 is 2.62 bits per heavy atom. The summed E-state index contributed by atoms with van der Waals surface area (Å²) >= 11 is 0. The first-order valence-electron chi connectivity index (χ1n) is 10.4. The minimum absolute atomic E-state index is 0.0687. The number of amides is 1. The first-order valence-corrected chi connectivity index (χ1v) is 10.4. The SMILES string of the molecule is Cc1ccc(C2=NN(C(=O)Cn3nnc(-c4ccccc4C)n3)[C@H](c3ccco3)C2)cc1. The molecule has 3 heterocycles. The topological polar surface area (TPSA) is 89.4 Å². The van der Waals surface area contributed by atoms with Gasteiger partial charge in [-0.3, -0.25) is 4.79 Å². The summed E-state index contributed by atoms with van der Waals surface area (Å²) in [5.74, 6) is 0.947. The van der Waals surface area contributed by atoms with Crippen LogP contribution in [0, 0.1) is 13.8 Å². The minimum Gasteiger partial charge on any atom is -0.467 e. The standard InChI is InChI=1S/C24H22N6O2/c1-16-9-11-18(12-10-16)20-14-21(22-8-5-13-32-22)30(26-20)23(31)15-29-27-24(25-28-29)19-7-4-3-6-17(19)2/h3-13,21H,14-15H2,1-2H3/t21-/m0/s1. The number of benzene rings is 2. The zero-order valence-electron chi connectivity index (χ0n) is 17.8. The van der Waals surface area contributed by atoms with Crippen molar-refractivity contribution in [3.8, 4) is 11.4 Å². The molecule has 32 heavy (non-hydrogen) atoms. The summed E-state index contributed by atoms with van der Waals surface area (Å²) in [6.07, 6.45) is 2.18. The van der Waals surface area contributed by atoms with Crippen molar-refractivity contribution in [3.63, 3.8) is 0 Å². The molecule has 1 aliphatic rings. The van der Waals surface area contributed by atoms with E-state index >= 15 is 0 Å². The predicted octanol–water partition coefficient (Wildman–Crippen LogP) is 3.93. The summed E-state index contributed by atoms with van der Waals surface area (Å²) in [4.78, 5) is 14.5. The van der Waals surface area contributed by atoms with Crippen LogP contribution < -0.4 is 0 Å². The van der Waals surface area contributed by atoms with Crippen LogP contribution in [0.25, 0.3) is 11.4 Å². The molecular weight excluding hydrogens is 404 g/mol. The number of aryl methyl sites for hydroxylation is 2. The van der Waals surface area contributed by atoms with Gasteiger partial charge in [0.2, 0.25) is 5.82 Å². The second-order valence-electron chi connectivity index (χ2n) is 7.84. The van der Waals surface area contributed by atoms with Gasteiger partial charge in [0.15, 0.2) is 0 Å².